The van der Waals surface area contributed by atoms with Crippen molar-refractivity contribution in [3.05, 3.63) is 57.3 Å². The van der Waals surface area contributed by atoms with Gasteiger partial charge in [0.25, 0.3) is 5.91 Å². The van der Waals surface area contributed by atoms with E-state index in [1.807, 2.05) is 12.1 Å². The minimum absolute atomic E-state index is 0.484. The minimum Gasteiger partial charge on any atom is -0.443 e. The van der Waals surface area contributed by atoms with E-state index in [0.29, 0.717) is 10.4 Å². The lowest BCUT2D eigenvalue weighted by atomic mass is 10.1. The predicted molar refractivity (Wildman–Crippen MR) is 80.1 cm³/mol. The Labute approximate surface area is 126 Å². The lowest BCUT2D eigenvalue weighted by Crippen LogP contribution is -2.26. The molecule has 0 spiro atoms. The third-order valence-corrected chi connectivity index (χ3v) is 4.75. The molecule has 1 aliphatic carbocycles. The number of fused-ring (bicyclic) bond motifs is 1. The average molecular weight is 301 g/mol. The van der Waals surface area contributed by atoms with Crippen LogP contribution in [0.25, 0.3) is 0 Å². The monoisotopic (exact) mass is 301 g/mol. The van der Waals surface area contributed by atoms with Crippen LogP contribution in [0.4, 0.5) is 0 Å². The van der Waals surface area contributed by atoms with Crippen molar-refractivity contribution < 1.29 is 14.3 Å². The van der Waals surface area contributed by atoms with E-state index in [9.17, 15) is 9.59 Å². The maximum Gasteiger partial charge on any atom is 0.349 e. The molecule has 108 valence electrons. The van der Waals surface area contributed by atoms with Gasteiger partial charge in [-0.25, -0.2) is 4.79 Å². The highest BCUT2D eigenvalue weighted by Gasteiger charge is 2.25. The van der Waals surface area contributed by atoms with Crippen LogP contribution in [0.15, 0.2) is 36.4 Å². The fourth-order valence-electron chi connectivity index (χ4n) is 2.51. The molecule has 1 aliphatic rings. The van der Waals surface area contributed by atoms with Crippen molar-refractivity contribution in [2.75, 3.05) is 0 Å². The van der Waals surface area contributed by atoms with Crippen LogP contribution in [0.3, 0.4) is 0 Å². The molecule has 1 aromatic carbocycles. The molecule has 0 fully saturated rings. The van der Waals surface area contributed by atoms with E-state index < -0.39 is 18.0 Å². The van der Waals surface area contributed by atoms with Crippen LogP contribution in [0.1, 0.15) is 38.2 Å². The number of benzene rings is 1. The average Bonchev–Trinajstić information content (AvgIpc) is 3.06. The van der Waals surface area contributed by atoms with Crippen molar-refractivity contribution in [1.29, 1.82) is 0 Å². The second-order valence-corrected chi connectivity index (χ2v) is 6.15. The molecule has 2 N–H and O–H groups in total. The molecular formula is C16H15NO3S. The van der Waals surface area contributed by atoms with E-state index in [1.165, 1.54) is 21.8 Å². The van der Waals surface area contributed by atoms with Crippen molar-refractivity contribution in [2.45, 2.75) is 25.4 Å². The molecule has 1 aromatic heterocycles. The summed E-state index contributed by atoms with van der Waals surface area (Å²) in [6.07, 6.45) is 2.13. The largest absolute Gasteiger partial charge is 0.443 e. The minimum atomic E-state index is -1.05. The second kappa shape index (κ2) is 5.69. The van der Waals surface area contributed by atoms with Crippen LogP contribution in [0, 0.1) is 0 Å². The molecule has 4 nitrogen and oxygen atoms in total. The first-order chi connectivity index (χ1) is 10.1. The summed E-state index contributed by atoms with van der Waals surface area (Å²) >= 11 is 1.45. The SMILES string of the molecule is NC(=O)C(OC(=O)c1cc2c(s1)CCC2)c1ccccc1. The van der Waals surface area contributed by atoms with Crippen molar-refractivity contribution in [1.82, 2.24) is 0 Å². The summed E-state index contributed by atoms with van der Waals surface area (Å²) in [6.45, 7) is 0. The van der Waals surface area contributed by atoms with Gasteiger partial charge < -0.3 is 10.5 Å². The third kappa shape index (κ3) is 2.83. The van der Waals surface area contributed by atoms with E-state index in [4.69, 9.17) is 10.5 Å². The lowest BCUT2D eigenvalue weighted by Gasteiger charge is -2.14. The summed E-state index contributed by atoms with van der Waals surface area (Å²) in [5.41, 5.74) is 7.16. The van der Waals surface area contributed by atoms with E-state index in [2.05, 4.69) is 0 Å². The Morgan fingerprint density at radius 3 is 2.62 bits per heavy atom. The smallest absolute Gasteiger partial charge is 0.349 e. The van der Waals surface area contributed by atoms with Crippen molar-refractivity contribution in [3.8, 4) is 0 Å². The topological polar surface area (TPSA) is 69.4 Å². The summed E-state index contributed by atoms with van der Waals surface area (Å²) in [4.78, 5) is 25.6. The van der Waals surface area contributed by atoms with Crippen molar-refractivity contribution >= 4 is 23.2 Å². The molecular weight excluding hydrogens is 286 g/mol. The van der Waals surface area contributed by atoms with Gasteiger partial charge in [-0.2, -0.15) is 0 Å². The molecule has 1 unspecified atom stereocenters. The van der Waals surface area contributed by atoms with E-state index in [-0.39, 0.29) is 0 Å². The number of ether oxygens (including phenoxy) is 1. The van der Waals surface area contributed by atoms with Crippen LogP contribution in [0.5, 0.6) is 0 Å². The molecule has 2 aromatic rings. The third-order valence-electron chi connectivity index (χ3n) is 3.53. The highest BCUT2D eigenvalue weighted by molar-refractivity contribution is 7.14. The van der Waals surface area contributed by atoms with Gasteiger partial charge in [-0.3, -0.25) is 4.79 Å². The first-order valence-corrected chi connectivity index (χ1v) is 7.63. The van der Waals surface area contributed by atoms with E-state index in [0.717, 1.165) is 19.3 Å². The highest BCUT2D eigenvalue weighted by Crippen LogP contribution is 2.31. The van der Waals surface area contributed by atoms with Gasteiger partial charge in [-0.1, -0.05) is 30.3 Å². The maximum absolute atomic E-state index is 12.2. The maximum atomic E-state index is 12.2. The van der Waals surface area contributed by atoms with Crippen LogP contribution < -0.4 is 5.73 Å². The Morgan fingerprint density at radius 2 is 1.95 bits per heavy atom. The number of hydrogen-bond acceptors (Lipinski definition) is 4. The Kier molecular flexibility index (Phi) is 3.75. The number of amides is 1. The summed E-state index contributed by atoms with van der Waals surface area (Å²) in [7, 11) is 0. The molecule has 0 saturated heterocycles. The van der Waals surface area contributed by atoms with Crippen LogP contribution in [-0.2, 0) is 22.4 Å². The number of hydrogen-bond donors (Lipinski definition) is 1. The zero-order valence-corrected chi connectivity index (χ0v) is 12.2. The fourth-order valence-corrected chi connectivity index (χ4v) is 3.65. The number of carbonyl (C=O) groups excluding carboxylic acids is 2. The Balaban J connectivity index is 1.79. The molecule has 0 aliphatic heterocycles. The van der Waals surface area contributed by atoms with Gasteiger partial charge in [-0.05, 0) is 30.9 Å². The summed E-state index contributed by atoms with van der Waals surface area (Å²) in [5.74, 6) is -1.15. The second-order valence-electron chi connectivity index (χ2n) is 5.01. The number of rotatable bonds is 4. The lowest BCUT2D eigenvalue weighted by molar-refractivity contribution is -0.127. The van der Waals surface area contributed by atoms with Crippen LogP contribution >= 0.6 is 11.3 Å². The molecule has 0 saturated carbocycles. The number of primary amides is 1. The van der Waals surface area contributed by atoms with E-state index >= 15 is 0 Å². The number of aryl methyl sites for hydroxylation is 2. The van der Waals surface area contributed by atoms with Crippen molar-refractivity contribution in [3.63, 3.8) is 0 Å². The first-order valence-electron chi connectivity index (χ1n) is 6.82. The van der Waals surface area contributed by atoms with Gasteiger partial charge in [0, 0.05) is 10.4 Å². The number of nitrogens with two attached hydrogens (primary N) is 1. The summed E-state index contributed by atoms with van der Waals surface area (Å²) < 4.78 is 5.32. The van der Waals surface area contributed by atoms with Crippen LogP contribution in [-0.4, -0.2) is 11.9 Å². The predicted octanol–water partition coefficient (Wildman–Crippen LogP) is 2.62. The Morgan fingerprint density at radius 1 is 1.19 bits per heavy atom. The quantitative estimate of drug-likeness (QED) is 0.883. The van der Waals surface area contributed by atoms with Crippen molar-refractivity contribution in [2.24, 2.45) is 5.73 Å². The molecule has 1 atom stereocenters. The normalized spacial score (nSPS) is 14.5. The number of carbonyl (C=O) groups is 2. The molecule has 3 rings (SSSR count). The van der Waals surface area contributed by atoms with E-state index in [1.54, 1.807) is 24.3 Å². The van der Waals surface area contributed by atoms with Gasteiger partial charge in [0.1, 0.15) is 4.88 Å². The van der Waals surface area contributed by atoms with Crippen LogP contribution in [0.2, 0.25) is 0 Å². The summed E-state index contributed by atoms with van der Waals surface area (Å²) in [6, 6.07) is 10.7. The Hall–Kier alpha value is -2.14. The fraction of sp³-hybridized carbons (Fsp3) is 0.250. The molecule has 0 radical (unpaired) electrons. The molecule has 5 heteroatoms. The molecule has 0 bridgehead atoms. The van der Waals surface area contributed by atoms with Gasteiger partial charge in [0.05, 0.1) is 0 Å². The molecule has 1 amide bonds. The van der Waals surface area contributed by atoms with Gasteiger partial charge in [0.15, 0.2) is 0 Å². The standard InChI is InChI=1S/C16H15NO3S/c17-15(18)14(10-5-2-1-3-6-10)20-16(19)13-9-11-7-4-8-12(11)21-13/h1-3,5-6,9,14H,4,7-8H2,(H2,17,18). The van der Waals surface area contributed by atoms with Gasteiger partial charge in [-0.15, -0.1) is 11.3 Å². The van der Waals surface area contributed by atoms with Gasteiger partial charge in [0.2, 0.25) is 6.10 Å². The van der Waals surface area contributed by atoms with Gasteiger partial charge >= 0.3 is 5.97 Å². The number of thiophene rings is 1. The zero-order chi connectivity index (χ0) is 14.8. The molecule has 21 heavy (non-hydrogen) atoms. The zero-order valence-electron chi connectivity index (χ0n) is 11.4. The molecule has 1 heterocycles. The Bertz CT molecular complexity index is 657. The summed E-state index contributed by atoms with van der Waals surface area (Å²) in [5, 5.41) is 0. The highest BCUT2D eigenvalue weighted by atomic mass is 32.1. The first kappa shape index (κ1) is 13.8. The number of esters is 1.